The lowest BCUT2D eigenvalue weighted by Crippen LogP contribution is -2.02. The smallest absolute Gasteiger partial charge is 0.0992 e. The van der Waals surface area contributed by atoms with Crippen molar-refractivity contribution in [3.05, 3.63) is 64.8 Å². The van der Waals surface area contributed by atoms with Gasteiger partial charge in [0.15, 0.2) is 0 Å². The molecule has 0 aliphatic rings. The molecule has 0 saturated carbocycles. The molecule has 1 aromatic heterocycles. The summed E-state index contributed by atoms with van der Waals surface area (Å²) in [6.45, 7) is 0.595. The summed E-state index contributed by atoms with van der Waals surface area (Å²) in [7, 11) is 0. The van der Waals surface area contributed by atoms with Crippen molar-refractivity contribution in [2.24, 2.45) is 0 Å². The van der Waals surface area contributed by atoms with E-state index in [0.29, 0.717) is 17.1 Å². The van der Waals surface area contributed by atoms with Gasteiger partial charge in [-0.2, -0.15) is 10.4 Å². The largest absolute Gasteiger partial charge is 0.260 e. The lowest BCUT2D eigenvalue weighted by molar-refractivity contribution is 0.712. The maximum atomic E-state index is 8.82. The third-order valence-electron chi connectivity index (χ3n) is 3.05. The molecule has 3 rings (SSSR count). The molecule has 4 heteroatoms. The van der Waals surface area contributed by atoms with Crippen LogP contribution in [0.15, 0.2) is 48.7 Å². The van der Waals surface area contributed by atoms with E-state index in [4.69, 9.17) is 16.9 Å². The van der Waals surface area contributed by atoms with E-state index in [1.807, 2.05) is 41.2 Å². The highest BCUT2D eigenvalue weighted by Crippen LogP contribution is 2.20. The molecule has 0 spiro atoms. The Labute approximate surface area is 115 Å². The number of halogens is 1. The first kappa shape index (κ1) is 11.8. The van der Waals surface area contributed by atoms with Crippen molar-refractivity contribution in [3.8, 4) is 6.07 Å². The molecule has 1 heterocycles. The molecule has 0 aliphatic carbocycles. The van der Waals surface area contributed by atoms with Gasteiger partial charge in [0.25, 0.3) is 0 Å². The van der Waals surface area contributed by atoms with Gasteiger partial charge in [-0.05, 0) is 23.8 Å². The molecule has 0 N–H and O–H groups in total. The van der Waals surface area contributed by atoms with Gasteiger partial charge in [-0.15, -0.1) is 0 Å². The number of nitrogens with zero attached hydrogens (tertiary/aromatic N) is 3. The summed E-state index contributed by atoms with van der Waals surface area (Å²) in [5.74, 6) is 0. The molecule has 0 aliphatic heterocycles. The Hall–Kier alpha value is -2.31. The SMILES string of the molecule is N#Cc1ccc(Cn2ncc3ccccc32)c(Cl)c1. The predicted octanol–water partition coefficient (Wildman–Crippen LogP) is 3.61. The molecular weight excluding hydrogens is 258 g/mol. The first-order valence-corrected chi connectivity index (χ1v) is 6.25. The molecule has 0 fully saturated rings. The molecule has 19 heavy (non-hydrogen) atoms. The minimum Gasteiger partial charge on any atom is -0.260 e. The van der Waals surface area contributed by atoms with Crippen LogP contribution >= 0.6 is 11.6 Å². The molecule has 3 aromatic rings. The van der Waals surface area contributed by atoms with E-state index in [-0.39, 0.29) is 0 Å². The van der Waals surface area contributed by atoms with Crippen LogP contribution in [0.3, 0.4) is 0 Å². The van der Waals surface area contributed by atoms with Crippen LogP contribution in [0.25, 0.3) is 10.9 Å². The number of hydrogen-bond acceptors (Lipinski definition) is 2. The van der Waals surface area contributed by atoms with Gasteiger partial charge in [0.2, 0.25) is 0 Å². The number of aromatic nitrogens is 2. The van der Waals surface area contributed by atoms with E-state index >= 15 is 0 Å². The Morgan fingerprint density at radius 2 is 2.05 bits per heavy atom. The topological polar surface area (TPSA) is 41.6 Å². The summed E-state index contributed by atoms with van der Waals surface area (Å²) in [6, 6.07) is 15.4. The highest BCUT2D eigenvalue weighted by atomic mass is 35.5. The zero-order valence-corrected chi connectivity index (χ0v) is 10.8. The number of nitriles is 1. The molecule has 0 amide bonds. The Balaban J connectivity index is 2.00. The van der Waals surface area contributed by atoms with E-state index in [0.717, 1.165) is 16.5 Å². The van der Waals surface area contributed by atoms with Crippen LogP contribution < -0.4 is 0 Å². The van der Waals surface area contributed by atoms with Gasteiger partial charge in [0, 0.05) is 10.4 Å². The summed E-state index contributed by atoms with van der Waals surface area (Å²) in [4.78, 5) is 0. The van der Waals surface area contributed by atoms with Gasteiger partial charge in [-0.3, -0.25) is 4.68 Å². The maximum Gasteiger partial charge on any atom is 0.0992 e. The Morgan fingerprint density at radius 1 is 1.21 bits per heavy atom. The van der Waals surface area contributed by atoms with Crippen LogP contribution in [0.1, 0.15) is 11.1 Å². The third kappa shape index (κ3) is 2.18. The molecule has 0 unspecified atom stereocenters. The normalized spacial score (nSPS) is 10.5. The van der Waals surface area contributed by atoms with E-state index in [1.54, 1.807) is 12.1 Å². The first-order chi connectivity index (χ1) is 9.28. The average molecular weight is 268 g/mol. The van der Waals surface area contributed by atoms with Crippen LogP contribution in [-0.4, -0.2) is 9.78 Å². The third-order valence-corrected chi connectivity index (χ3v) is 3.41. The van der Waals surface area contributed by atoms with Gasteiger partial charge in [0.05, 0.1) is 29.9 Å². The average Bonchev–Trinajstić information content (AvgIpc) is 2.84. The fourth-order valence-electron chi connectivity index (χ4n) is 2.06. The predicted molar refractivity (Wildman–Crippen MR) is 75.0 cm³/mol. The van der Waals surface area contributed by atoms with Crippen molar-refractivity contribution in [3.63, 3.8) is 0 Å². The lowest BCUT2D eigenvalue weighted by Gasteiger charge is -2.06. The van der Waals surface area contributed by atoms with Crippen molar-refractivity contribution in [1.29, 1.82) is 5.26 Å². The quantitative estimate of drug-likeness (QED) is 0.712. The van der Waals surface area contributed by atoms with Crippen molar-refractivity contribution >= 4 is 22.5 Å². The molecule has 92 valence electrons. The monoisotopic (exact) mass is 267 g/mol. The maximum absolute atomic E-state index is 8.82. The highest BCUT2D eigenvalue weighted by Gasteiger charge is 2.06. The summed E-state index contributed by atoms with van der Waals surface area (Å²) < 4.78 is 1.91. The molecule has 0 saturated heterocycles. The second-order valence-electron chi connectivity index (χ2n) is 4.28. The number of fused-ring (bicyclic) bond motifs is 1. The van der Waals surface area contributed by atoms with Crippen LogP contribution in [0.2, 0.25) is 5.02 Å². The fourth-order valence-corrected chi connectivity index (χ4v) is 2.30. The van der Waals surface area contributed by atoms with E-state index < -0.39 is 0 Å². The number of rotatable bonds is 2. The molecule has 0 bridgehead atoms. The lowest BCUT2D eigenvalue weighted by atomic mass is 10.1. The van der Waals surface area contributed by atoms with Gasteiger partial charge in [-0.25, -0.2) is 0 Å². The van der Waals surface area contributed by atoms with Crippen molar-refractivity contribution in [2.75, 3.05) is 0 Å². The van der Waals surface area contributed by atoms with Crippen molar-refractivity contribution < 1.29 is 0 Å². The van der Waals surface area contributed by atoms with Crippen LogP contribution in [0, 0.1) is 11.3 Å². The van der Waals surface area contributed by atoms with Gasteiger partial charge in [-0.1, -0.05) is 35.9 Å². The van der Waals surface area contributed by atoms with E-state index in [2.05, 4.69) is 11.2 Å². The van der Waals surface area contributed by atoms with Gasteiger partial charge < -0.3 is 0 Å². The Bertz CT molecular complexity index is 783. The van der Waals surface area contributed by atoms with Crippen molar-refractivity contribution in [1.82, 2.24) is 9.78 Å². The second-order valence-corrected chi connectivity index (χ2v) is 4.69. The molecule has 3 nitrogen and oxygen atoms in total. The zero-order valence-electron chi connectivity index (χ0n) is 10.0. The second kappa shape index (κ2) is 4.75. The zero-order chi connectivity index (χ0) is 13.2. The highest BCUT2D eigenvalue weighted by molar-refractivity contribution is 6.31. The summed E-state index contributed by atoms with van der Waals surface area (Å²) in [5.41, 5.74) is 2.59. The van der Waals surface area contributed by atoms with Crippen LogP contribution in [0.5, 0.6) is 0 Å². The Kier molecular flexibility index (Phi) is 2.94. The minimum absolute atomic E-state index is 0.569. The fraction of sp³-hybridized carbons (Fsp3) is 0.0667. The molecule has 2 aromatic carbocycles. The van der Waals surface area contributed by atoms with Crippen molar-refractivity contribution in [2.45, 2.75) is 6.54 Å². The van der Waals surface area contributed by atoms with E-state index in [9.17, 15) is 0 Å². The number of benzene rings is 2. The number of hydrogen-bond donors (Lipinski definition) is 0. The first-order valence-electron chi connectivity index (χ1n) is 5.87. The van der Waals surface area contributed by atoms with Crippen LogP contribution in [0.4, 0.5) is 0 Å². The summed E-state index contributed by atoms with van der Waals surface area (Å²) in [6.07, 6.45) is 1.84. The molecule has 0 radical (unpaired) electrons. The van der Waals surface area contributed by atoms with Gasteiger partial charge >= 0.3 is 0 Å². The molecular formula is C15H10ClN3. The number of para-hydroxylation sites is 1. The standard InChI is InChI=1S/C15H10ClN3/c16-14-7-11(8-17)5-6-13(14)10-19-15-4-2-1-3-12(15)9-18-19/h1-7,9H,10H2. The summed E-state index contributed by atoms with van der Waals surface area (Å²) >= 11 is 6.18. The van der Waals surface area contributed by atoms with Gasteiger partial charge in [0.1, 0.15) is 0 Å². The van der Waals surface area contributed by atoms with E-state index in [1.165, 1.54) is 0 Å². The molecule has 0 atom stereocenters. The summed E-state index contributed by atoms with van der Waals surface area (Å²) in [5, 5.41) is 14.9. The van der Waals surface area contributed by atoms with Crippen LogP contribution in [-0.2, 0) is 6.54 Å². The Morgan fingerprint density at radius 3 is 2.84 bits per heavy atom. The minimum atomic E-state index is 0.569.